The Labute approximate surface area is 113 Å². The number of amides is 1. The summed E-state index contributed by atoms with van der Waals surface area (Å²) in [5.41, 5.74) is 2.16. The van der Waals surface area contributed by atoms with Crippen molar-refractivity contribution in [3.63, 3.8) is 0 Å². The molecule has 19 heavy (non-hydrogen) atoms. The first kappa shape index (κ1) is 13.4. The van der Waals surface area contributed by atoms with Gasteiger partial charge in [-0.3, -0.25) is 4.79 Å². The molecule has 0 aromatic heterocycles. The first-order valence-electron chi connectivity index (χ1n) is 6.47. The maximum absolute atomic E-state index is 11.0. The molecule has 0 unspecified atom stereocenters. The summed E-state index contributed by atoms with van der Waals surface area (Å²) in [6.07, 6.45) is 2.08. The molecule has 4 nitrogen and oxygen atoms in total. The first-order chi connectivity index (χ1) is 9.03. The van der Waals surface area contributed by atoms with Crippen LogP contribution in [-0.2, 0) is 16.6 Å². The molecule has 0 radical (unpaired) electrons. The molecule has 100 valence electrons. The monoisotopic (exact) mass is 258 g/mol. The predicted molar refractivity (Wildman–Crippen MR) is 71.9 cm³/mol. The highest BCUT2D eigenvalue weighted by molar-refractivity contribution is 5.91. The zero-order valence-corrected chi connectivity index (χ0v) is 11.3. The SMILES string of the molecule is CC(C)(CNC(=O)C#N)c1ccc2c(c1)CCCO2. The maximum atomic E-state index is 11.0. The zero-order chi connectivity index (χ0) is 13.9. The Morgan fingerprint density at radius 3 is 3.05 bits per heavy atom. The summed E-state index contributed by atoms with van der Waals surface area (Å²) in [6.45, 7) is 5.33. The Morgan fingerprint density at radius 2 is 2.32 bits per heavy atom. The lowest BCUT2D eigenvalue weighted by molar-refractivity contribution is -0.116. The van der Waals surface area contributed by atoms with Gasteiger partial charge in [-0.1, -0.05) is 26.0 Å². The van der Waals surface area contributed by atoms with Crippen LogP contribution in [0.2, 0.25) is 0 Å². The highest BCUT2D eigenvalue weighted by atomic mass is 16.5. The average Bonchev–Trinajstić information content (AvgIpc) is 2.44. The molecule has 0 atom stereocenters. The van der Waals surface area contributed by atoms with E-state index in [-0.39, 0.29) is 5.41 Å². The normalized spacial score (nSPS) is 13.9. The van der Waals surface area contributed by atoms with E-state index < -0.39 is 5.91 Å². The van der Waals surface area contributed by atoms with Gasteiger partial charge in [0.1, 0.15) is 5.75 Å². The minimum absolute atomic E-state index is 0.209. The number of nitrogens with zero attached hydrogens (tertiary/aromatic N) is 1. The molecule has 1 aliphatic rings. The van der Waals surface area contributed by atoms with Gasteiger partial charge in [-0.05, 0) is 30.0 Å². The van der Waals surface area contributed by atoms with Crippen LogP contribution in [0.1, 0.15) is 31.4 Å². The van der Waals surface area contributed by atoms with Crippen LogP contribution in [0.4, 0.5) is 0 Å². The van der Waals surface area contributed by atoms with Crippen molar-refractivity contribution in [3.05, 3.63) is 29.3 Å². The molecule has 0 saturated heterocycles. The van der Waals surface area contributed by atoms with Gasteiger partial charge in [-0.15, -0.1) is 0 Å². The van der Waals surface area contributed by atoms with Crippen molar-refractivity contribution >= 4 is 5.91 Å². The lowest BCUT2D eigenvalue weighted by atomic mass is 9.83. The van der Waals surface area contributed by atoms with Crippen LogP contribution >= 0.6 is 0 Å². The number of benzene rings is 1. The number of rotatable bonds is 3. The molecule has 2 rings (SSSR count). The van der Waals surface area contributed by atoms with Crippen LogP contribution in [0.25, 0.3) is 0 Å². The van der Waals surface area contributed by atoms with Gasteiger partial charge in [0.25, 0.3) is 0 Å². The summed E-state index contributed by atoms with van der Waals surface area (Å²) in [7, 11) is 0. The Kier molecular flexibility index (Phi) is 3.75. The predicted octanol–water partition coefficient (Wildman–Crippen LogP) is 1.93. The molecule has 0 fully saturated rings. The van der Waals surface area contributed by atoms with E-state index in [2.05, 4.69) is 25.2 Å². The third-order valence-electron chi connectivity index (χ3n) is 3.48. The highest BCUT2D eigenvalue weighted by Gasteiger charge is 2.23. The van der Waals surface area contributed by atoms with Gasteiger partial charge >= 0.3 is 5.91 Å². The Balaban J connectivity index is 2.16. The minimum Gasteiger partial charge on any atom is -0.493 e. The van der Waals surface area contributed by atoms with Gasteiger partial charge in [0.2, 0.25) is 0 Å². The van der Waals surface area contributed by atoms with Crippen molar-refractivity contribution in [1.29, 1.82) is 5.26 Å². The van der Waals surface area contributed by atoms with Crippen molar-refractivity contribution in [2.45, 2.75) is 32.1 Å². The molecule has 1 N–H and O–H groups in total. The van der Waals surface area contributed by atoms with Crippen LogP contribution in [0.3, 0.4) is 0 Å². The third kappa shape index (κ3) is 3.05. The number of carbonyl (C=O) groups excluding carboxylic acids is 1. The fraction of sp³-hybridized carbons (Fsp3) is 0.467. The van der Waals surface area contributed by atoms with Crippen LogP contribution < -0.4 is 10.1 Å². The van der Waals surface area contributed by atoms with E-state index in [1.807, 2.05) is 12.1 Å². The summed E-state index contributed by atoms with van der Waals surface area (Å²) in [6, 6.07) is 7.74. The second kappa shape index (κ2) is 5.31. The minimum atomic E-state index is -0.589. The Hall–Kier alpha value is -2.02. The number of carbonyl (C=O) groups is 1. The molecule has 1 amide bonds. The van der Waals surface area contributed by atoms with Crippen molar-refractivity contribution in [2.24, 2.45) is 0 Å². The van der Waals surface area contributed by atoms with Crippen LogP contribution in [0, 0.1) is 11.3 Å². The van der Waals surface area contributed by atoms with Crippen LogP contribution in [0.5, 0.6) is 5.75 Å². The van der Waals surface area contributed by atoms with E-state index in [9.17, 15) is 4.79 Å². The maximum Gasteiger partial charge on any atom is 0.322 e. The topological polar surface area (TPSA) is 62.1 Å². The number of hydrogen-bond donors (Lipinski definition) is 1. The fourth-order valence-corrected chi connectivity index (χ4v) is 2.22. The van der Waals surface area contributed by atoms with Crippen LogP contribution in [0.15, 0.2) is 18.2 Å². The molecule has 0 bridgehead atoms. The highest BCUT2D eigenvalue weighted by Crippen LogP contribution is 2.30. The summed E-state index contributed by atoms with van der Waals surface area (Å²) in [4.78, 5) is 11.0. The number of ether oxygens (including phenoxy) is 1. The van der Waals surface area contributed by atoms with Gasteiger partial charge in [0, 0.05) is 12.0 Å². The summed E-state index contributed by atoms with van der Waals surface area (Å²) >= 11 is 0. The van der Waals surface area contributed by atoms with E-state index in [0.29, 0.717) is 6.54 Å². The summed E-state index contributed by atoms with van der Waals surface area (Å²) in [5.74, 6) is 0.376. The number of aryl methyl sites for hydroxylation is 1. The smallest absolute Gasteiger partial charge is 0.322 e. The molecular weight excluding hydrogens is 240 g/mol. The molecular formula is C15H18N2O2. The van der Waals surface area contributed by atoms with Gasteiger partial charge in [-0.2, -0.15) is 5.26 Å². The van der Waals surface area contributed by atoms with Crippen molar-refractivity contribution in [3.8, 4) is 11.8 Å². The lowest BCUT2D eigenvalue weighted by Crippen LogP contribution is -2.36. The third-order valence-corrected chi connectivity index (χ3v) is 3.48. The molecule has 0 saturated carbocycles. The summed E-state index contributed by atoms with van der Waals surface area (Å²) in [5, 5.41) is 11.1. The molecule has 1 heterocycles. The Bertz CT molecular complexity index is 529. The van der Waals surface area contributed by atoms with Crippen LogP contribution in [-0.4, -0.2) is 19.1 Å². The van der Waals surface area contributed by atoms with E-state index in [1.54, 1.807) is 6.07 Å². The van der Waals surface area contributed by atoms with Crippen molar-refractivity contribution in [1.82, 2.24) is 5.32 Å². The molecule has 1 aromatic carbocycles. The van der Waals surface area contributed by atoms with E-state index in [4.69, 9.17) is 10.00 Å². The molecule has 0 aliphatic carbocycles. The van der Waals surface area contributed by atoms with E-state index in [1.165, 1.54) is 5.56 Å². The number of hydrogen-bond acceptors (Lipinski definition) is 3. The van der Waals surface area contributed by atoms with Gasteiger partial charge < -0.3 is 10.1 Å². The number of nitriles is 1. The Morgan fingerprint density at radius 1 is 1.53 bits per heavy atom. The first-order valence-corrected chi connectivity index (χ1v) is 6.47. The molecule has 1 aromatic rings. The quantitative estimate of drug-likeness (QED) is 0.843. The second-order valence-electron chi connectivity index (χ2n) is 5.45. The second-order valence-corrected chi connectivity index (χ2v) is 5.45. The average molecular weight is 258 g/mol. The zero-order valence-electron chi connectivity index (χ0n) is 11.3. The summed E-state index contributed by atoms with van der Waals surface area (Å²) < 4.78 is 5.59. The molecule has 1 aliphatic heterocycles. The van der Waals surface area contributed by atoms with E-state index in [0.717, 1.165) is 30.8 Å². The fourth-order valence-electron chi connectivity index (χ4n) is 2.22. The van der Waals surface area contributed by atoms with Gasteiger partial charge in [0.15, 0.2) is 6.07 Å². The van der Waals surface area contributed by atoms with Crippen molar-refractivity contribution < 1.29 is 9.53 Å². The number of fused-ring (bicyclic) bond motifs is 1. The van der Waals surface area contributed by atoms with Crippen molar-refractivity contribution in [2.75, 3.05) is 13.2 Å². The molecule has 0 spiro atoms. The van der Waals surface area contributed by atoms with Gasteiger partial charge in [-0.25, -0.2) is 0 Å². The molecule has 4 heteroatoms. The lowest BCUT2D eigenvalue weighted by Gasteiger charge is -2.27. The standard InChI is InChI=1S/C15H18N2O2/c1-15(2,10-17-14(18)9-16)12-5-6-13-11(8-12)4-3-7-19-13/h5-6,8H,3-4,7,10H2,1-2H3,(H,17,18). The number of nitrogens with one attached hydrogen (secondary N) is 1. The van der Waals surface area contributed by atoms with E-state index >= 15 is 0 Å². The van der Waals surface area contributed by atoms with Gasteiger partial charge in [0.05, 0.1) is 6.61 Å². The largest absolute Gasteiger partial charge is 0.493 e.